The van der Waals surface area contributed by atoms with E-state index in [9.17, 15) is 9.59 Å². The molecule has 0 saturated heterocycles. The maximum atomic E-state index is 11.3. The van der Waals surface area contributed by atoms with Gasteiger partial charge in [-0.05, 0) is 17.7 Å². The summed E-state index contributed by atoms with van der Waals surface area (Å²) in [6.45, 7) is -0.346. The number of nitrogens with one attached hydrogen (secondary N) is 1. The van der Waals surface area contributed by atoms with Crippen LogP contribution < -0.4 is 11.2 Å². The van der Waals surface area contributed by atoms with E-state index in [1.807, 2.05) is 0 Å². The number of benzene rings is 1. The van der Waals surface area contributed by atoms with Crippen LogP contribution in [0.15, 0.2) is 24.3 Å². The molecule has 0 heterocycles. The highest BCUT2D eigenvalue weighted by molar-refractivity contribution is 6.30. The Morgan fingerprint density at radius 1 is 1.44 bits per heavy atom. The summed E-state index contributed by atoms with van der Waals surface area (Å²) in [4.78, 5) is 26.1. The molecule has 0 spiro atoms. The fourth-order valence-corrected chi connectivity index (χ4v) is 1.27. The maximum Gasteiger partial charge on any atom is 0.247 e. The van der Waals surface area contributed by atoms with Gasteiger partial charge >= 0.3 is 0 Å². The Labute approximate surface area is 97.5 Å². The predicted octanol–water partition coefficient (Wildman–Crippen LogP) is 0.416. The highest BCUT2D eigenvalue weighted by Crippen LogP contribution is 2.10. The number of halogens is 1. The topological polar surface area (TPSA) is 81.4 Å². The lowest BCUT2D eigenvalue weighted by molar-refractivity contribution is -0.137. The van der Waals surface area contributed by atoms with Crippen LogP contribution in [0.5, 0.6) is 0 Å². The zero-order valence-corrected chi connectivity index (χ0v) is 9.16. The molecule has 2 amide bonds. The number of carbonyl (C=O) groups excluding carboxylic acids is 2. The van der Waals surface area contributed by atoms with Crippen molar-refractivity contribution in [1.82, 2.24) is 5.48 Å². The molecule has 3 N–H and O–H groups in total. The molecular weight excluding hydrogens is 232 g/mol. The van der Waals surface area contributed by atoms with Crippen LogP contribution in [0.3, 0.4) is 0 Å². The molecule has 0 aliphatic rings. The number of hydroxylamine groups is 1. The predicted molar refractivity (Wildman–Crippen MR) is 58.4 cm³/mol. The minimum Gasteiger partial charge on any atom is -0.368 e. The zero-order valence-electron chi connectivity index (χ0n) is 8.40. The van der Waals surface area contributed by atoms with Crippen molar-refractivity contribution in [2.24, 2.45) is 5.73 Å². The molecule has 1 rings (SSSR count). The molecule has 0 radical (unpaired) electrons. The minimum absolute atomic E-state index is 0.124. The molecule has 16 heavy (non-hydrogen) atoms. The first kappa shape index (κ1) is 12.5. The van der Waals surface area contributed by atoms with Gasteiger partial charge in [-0.3, -0.25) is 14.4 Å². The van der Waals surface area contributed by atoms with Crippen LogP contribution in [-0.4, -0.2) is 18.4 Å². The highest BCUT2D eigenvalue weighted by Gasteiger charge is 2.04. The quantitative estimate of drug-likeness (QED) is 0.734. The molecule has 1 aromatic carbocycles. The molecule has 5 nitrogen and oxygen atoms in total. The van der Waals surface area contributed by atoms with E-state index in [0.29, 0.717) is 5.02 Å². The Bertz CT molecular complexity index is 395. The molecule has 1 aromatic rings. The fourth-order valence-electron chi connectivity index (χ4n) is 1.06. The van der Waals surface area contributed by atoms with Crippen molar-refractivity contribution in [3.05, 3.63) is 34.9 Å². The van der Waals surface area contributed by atoms with Gasteiger partial charge in [0.1, 0.15) is 0 Å². The Kier molecular flexibility index (Phi) is 4.75. The van der Waals surface area contributed by atoms with Crippen LogP contribution in [0, 0.1) is 0 Å². The molecule has 0 aliphatic heterocycles. The average Bonchev–Trinajstić information content (AvgIpc) is 2.16. The summed E-state index contributed by atoms with van der Waals surface area (Å²) in [7, 11) is 0. The Balaban J connectivity index is 2.37. The van der Waals surface area contributed by atoms with Crippen LogP contribution in [0.2, 0.25) is 5.02 Å². The summed E-state index contributed by atoms with van der Waals surface area (Å²) in [6, 6.07) is 6.90. The minimum atomic E-state index is -0.650. The molecular formula is C10H11ClN2O3. The largest absolute Gasteiger partial charge is 0.368 e. The van der Waals surface area contributed by atoms with Gasteiger partial charge in [-0.1, -0.05) is 23.7 Å². The molecule has 6 heteroatoms. The molecule has 0 aliphatic carbocycles. The number of hydrogen-bond donors (Lipinski definition) is 2. The monoisotopic (exact) mass is 242 g/mol. The lowest BCUT2D eigenvalue weighted by atomic mass is 10.1. The first-order chi connectivity index (χ1) is 7.58. The van der Waals surface area contributed by atoms with Gasteiger partial charge in [-0.15, -0.1) is 0 Å². The molecule has 0 atom stereocenters. The van der Waals surface area contributed by atoms with E-state index in [-0.39, 0.29) is 18.9 Å². The van der Waals surface area contributed by atoms with Gasteiger partial charge in [0.2, 0.25) is 11.8 Å². The van der Waals surface area contributed by atoms with Crippen molar-refractivity contribution in [2.45, 2.75) is 6.42 Å². The van der Waals surface area contributed by atoms with Crippen LogP contribution >= 0.6 is 11.6 Å². The SMILES string of the molecule is NC(=O)CONC(=O)Cc1cccc(Cl)c1. The molecule has 0 unspecified atom stereocenters. The first-order valence-corrected chi connectivity index (χ1v) is 4.89. The number of hydrogen-bond acceptors (Lipinski definition) is 3. The molecule has 0 fully saturated rings. The zero-order chi connectivity index (χ0) is 12.0. The lowest BCUT2D eigenvalue weighted by Gasteiger charge is -2.04. The van der Waals surface area contributed by atoms with E-state index < -0.39 is 5.91 Å². The van der Waals surface area contributed by atoms with Crippen molar-refractivity contribution in [3.8, 4) is 0 Å². The van der Waals surface area contributed by atoms with Gasteiger partial charge in [-0.25, -0.2) is 5.48 Å². The average molecular weight is 243 g/mol. The third-order valence-corrected chi connectivity index (χ3v) is 1.89. The van der Waals surface area contributed by atoms with Crippen molar-refractivity contribution in [2.75, 3.05) is 6.61 Å². The second-order valence-electron chi connectivity index (χ2n) is 3.09. The Hall–Kier alpha value is -1.59. The van der Waals surface area contributed by atoms with E-state index in [1.165, 1.54) is 0 Å². The second kappa shape index (κ2) is 6.09. The van der Waals surface area contributed by atoms with Crippen molar-refractivity contribution in [1.29, 1.82) is 0 Å². The summed E-state index contributed by atoms with van der Waals surface area (Å²) in [5.41, 5.74) is 7.67. The summed E-state index contributed by atoms with van der Waals surface area (Å²) in [6.07, 6.45) is 0.124. The van der Waals surface area contributed by atoms with Crippen molar-refractivity contribution < 1.29 is 14.4 Å². The first-order valence-electron chi connectivity index (χ1n) is 4.51. The van der Waals surface area contributed by atoms with Gasteiger partial charge in [0.15, 0.2) is 6.61 Å². The molecule has 0 saturated carbocycles. The summed E-state index contributed by atoms with van der Waals surface area (Å²) < 4.78 is 0. The number of primary amides is 1. The third-order valence-electron chi connectivity index (χ3n) is 1.65. The normalized spacial score (nSPS) is 9.81. The summed E-state index contributed by atoms with van der Waals surface area (Å²) in [5.74, 6) is -1.02. The number of nitrogens with two attached hydrogens (primary N) is 1. The second-order valence-corrected chi connectivity index (χ2v) is 3.52. The van der Waals surface area contributed by atoms with Gasteiger partial charge in [0, 0.05) is 5.02 Å². The van der Waals surface area contributed by atoms with Gasteiger partial charge in [0.05, 0.1) is 6.42 Å². The van der Waals surface area contributed by atoms with E-state index >= 15 is 0 Å². The van der Waals surface area contributed by atoms with E-state index in [2.05, 4.69) is 10.3 Å². The summed E-state index contributed by atoms with van der Waals surface area (Å²) >= 11 is 5.75. The van der Waals surface area contributed by atoms with Crippen molar-refractivity contribution >= 4 is 23.4 Å². The molecule has 0 aromatic heterocycles. The van der Waals surface area contributed by atoms with E-state index in [1.54, 1.807) is 24.3 Å². The highest BCUT2D eigenvalue weighted by atomic mass is 35.5. The van der Waals surface area contributed by atoms with Gasteiger partial charge < -0.3 is 5.73 Å². The van der Waals surface area contributed by atoms with Crippen LogP contribution in [0.4, 0.5) is 0 Å². The van der Waals surface area contributed by atoms with Crippen molar-refractivity contribution in [3.63, 3.8) is 0 Å². The number of amides is 2. The van der Waals surface area contributed by atoms with Gasteiger partial charge in [0.25, 0.3) is 0 Å². The van der Waals surface area contributed by atoms with E-state index in [0.717, 1.165) is 5.56 Å². The van der Waals surface area contributed by atoms with Gasteiger partial charge in [-0.2, -0.15) is 0 Å². The Morgan fingerprint density at radius 3 is 2.81 bits per heavy atom. The molecule has 0 bridgehead atoms. The lowest BCUT2D eigenvalue weighted by Crippen LogP contribution is -2.30. The smallest absolute Gasteiger partial charge is 0.247 e. The molecule has 86 valence electrons. The number of carbonyl (C=O) groups is 2. The van der Waals surface area contributed by atoms with Crippen LogP contribution in [-0.2, 0) is 20.8 Å². The fraction of sp³-hybridized carbons (Fsp3) is 0.200. The summed E-state index contributed by atoms with van der Waals surface area (Å²) in [5, 5.41) is 0.559. The van der Waals surface area contributed by atoms with Crippen LogP contribution in [0.1, 0.15) is 5.56 Å². The van der Waals surface area contributed by atoms with E-state index in [4.69, 9.17) is 17.3 Å². The Morgan fingerprint density at radius 2 is 2.19 bits per heavy atom. The standard InChI is InChI=1S/C10H11ClN2O3/c11-8-3-1-2-7(4-8)5-10(15)13-16-6-9(12)14/h1-4H,5-6H2,(H2,12,14)(H,13,15). The number of rotatable bonds is 5. The van der Waals surface area contributed by atoms with Crippen LogP contribution in [0.25, 0.3) is 0 Å². The maximum absolute atomic E-state index is 11.3. The third kappa shape index (κ3) is 4.77.